The number of hydrogen-bond donors (Lipinski definition) is 1. The van der Waals surface area contributed by atoms with Crippen molar-refractivity contribution in [1.82, 2.24) is 40.3 Å². The number of anilines is 1. The van der Waals surface area contributed by atoms with Crippen LogP contribution in [0, 0.1) is 5.92 Å². The van der Waals surface area contributed by atoms with Crippen LogP contribution in [0.4, 0.5) is 5.82 Å². The average Bonchev–Trinajstić information content (AvgIpc) is 3.71. The van der Waals surface area contributed by atoms with Gasteiger partial charge in [0.2, 0.25) is 12.1 Å². The van der Waals surface area contributed by atoms with Gasteiger partial charge >= 0.3 is 5.97 Å². The highest BCUT2D eigenvalue weighted by Gasteiger charge is 2.31. The molecule has 0 radical (unpaired) electrons. The summed E-state index contributed by atoms with van der Waals surface area (Å²) in [6.07, 6.45) is 3.43. The van der Waals surface area contributed by atoms with Crippen molar-refractivity contribution in [3.63, 3.8) is 0 Å². The standard InChI is InChI=1S/C27H30ClN9O3/c1-16(2)27(39)40-17(3)37-33-24(32-34-37)23-21(15-31-35(23)4)18-7-9-19(10-8-18)26(38)36(20-11-13-29-14-20)25-22(28)6-5-12-30-25/h5-10,12,15-17,20,29H,11,13-14H2,1-4H3. The maximum absolute atomic E-state index is 13.7. The summed E-state index contributed by atoms with van der Waals surface area (Å²) in [6, 6.07) is 10.7. The van der Waals surface area contributed by atoms with E-state index in [2.05, 4.69) is 30.8 Å². The number of ether oxygens (including phenoxy) is 1. The summed E-state index contributed by atoms with van der Waals surface area (Å²) in [5, 5.41) is 20.8. The van der Waals surface area contributed by atoms with Gasteiger partial charge in [-0.15, -0.1) is 15.0 Å². The second-order valence-electron chi connectivity index (χ2n) is 9.86. The molecule has 12 nitrogen and oxygen atoms in total. The first-order chi connectivity index (χ1) is 19.2. The number of rotatable bonds is 8. The van der Waals surface area contributed by atoms with Gasteiger partial charge in [-0.2, -0.15) is 5.10 Å². The number of nitrogens with zero attached hydrogens (tertiary/aromatic N) is 8. The Labute approximate surface area is 236 Å². The number of amides is 1. The Morgan fingerprint density at radius 2 is 1.95 bits per heavy atom. The predicted octanol–water partition coefficient (Wildman–Crippen LogP) is 3.52. The van der Waals surface area contributed by atoms with Crippen LogP contribution in [0.3, 0.4) is 0 Å². The first-order valence-electron chi connectivity index (χ1n) is 13.0. The molecule has 1 N–H and O–H groups in total. The lowest BCUT2D eigenvalue weighted by Crippen LogP contribution is -2.42. The van der Waals surface area contributed by atoms with Gasteiger partial charge in [0.05, 0.1) is 23.2 Å². The minimum Gasteiger partial charge on any atom is -0.438 e. The highest BCUT2D eigenvalue weighted by molar-refractivity contribution is 6.33. The fraction of sp³-hybridized carbons (Fsp3) is 0.370. The molecule has 1 saturated heterocycles. The third kappa shape index (κ3) is 5.45. The van der Waals surface area contributed by atoms with E-state index in [0.29, 0.717) is 34.5 Å². The Morgan fingerprint density at radius 1 is 1.18 bits per heavy atom. The Morgan fingerprint density at radius 3 is 2.62 bits per heavy atom. The third-order valence-corrected chi connectivity index (χ3v) is 6.99. The van der Waals surface area contributed by atoms with E-state index in [0.717, 1.165) is 24.1 Å². The number of esters is 1. The summed E-state index contributed by atoms with van der Waals surface area (Å²) in [4.78, 5) is 33.0. The first kappa shape index (κ1) is 27.4. The number of aryl methyl sites for hydroxylation is 1. The SMILES string of the molecule is CC(C)C(=O)OC(C)n1nnc(-c2c(-c3ccc(C(=O)N(c4ncccc4Cl)C4CCNC4)cc3)cnn2C)n1. The van der Waals surface area contributed by atoms with E-state index in [1.165, 1.54) is 4.80 Å². The Balaban J connectivity index is 1.41. The van der Waals surface area contributed by atoms with Crippen LogP contribution in [0.15, 0.2) is 48.8 Å². The van der Waals surface area contributed by atoms with Gasteiger partial charge in [-0.25, -0.2) is 4.98 Å². The lowest BCUT2D eigenvalue weighted by Gasteiger charge is -2.28. The summed E-state index contributed by atoms with van der Waals surface area (Å²) in [6.45, 7) is 6.67. The molecule has 2 unspecified atom stereocenters. The topological polar surface area (TPSA) is 133 Å². The molecule has 2 atom stereocenters. The molecule has 208 valence electrons. The molecular weight excluding hydrogens is 534 g/mol. The fourth-order valence-corrected chi connectivity index (χ4v) is 4.73. The molecule has 40 heavy (non-hydrogen) atoms. The van der Waals surface area contributed by atoms with E-state index in [-0.39, 0.29) is 23.8 Å². The first-order valence-corrected chi connectivity index (χ1v) is 13.4. The molecule has 1 aliphatic heterocycles. The third-order valence-electron chi connectivity index (χ3n) is 6.69. The molecule has 1 fully saturated rings. The van der Waals surface area contributed by atoms with Crippen molar-refractivity contribution in [3.05, 3.63) is 59.4 Å². The van der Waals surface area contributed by atoms with Crippen LogP contribution < -0.4 is 10.2 Å². The highest BCUT2D eigenvalue weighted by Crippen LogP contribution is 2.32. The molecule has 0 aliphatic carbocycles. The van der Waals surface area contributed by atoms with Crippen molar-refractivity contribution in [2.24, 2.45) is 13.0 Å². The number of tetrazole rings is 1. The number of hydrogen-bond acceptors (Lipinski definition) is 9. The van der Waals surface area contributed by atoms with Gasteiger partial charge in [0.25, 0.3) is 5.91 Å². The molecule has 0 spiro atoms. The molecule has 3 aromatic heterocycles. The van der Waals surface area contributed by atoms with Gasteiger partial charge in [-0.3, -0.25) is 19.2 Å². The van der Waals surface area contributed by atoms with Crippen molar-refractivity contribution in [2.45, 2.75) is 39.5 Å². The van der Waals surface area contributed by atoms with Crippen molar-refractivity contribution in [2.75, 3.05) is 18.0 Å². The molecule has 5 rings (SSSR count). The van der Waals surface area contributed by atoms with Gasteiger partial charge in [0, 0.05) is 30.9 Å². The number of halogens is 1. The maximum Gasteiger partial charge on any atom is 0.310 e. The van der Waals surface area contributed by atoms with Crippen molar-refractivity contribution >= 4 is 29.3 Å². The zero-order valence-electron chi connectivity index (χ0n) is 22.7. The molecule has 13 heteroatoms. The van der Waals surface area contributed by atoms with Crippen LogP contribution in [0.25, 0.3) is 22.6 Å². The lowest BCUT2D eigenvalue weighted by atomic mass is 10.0. The fourth-order valence-electron chi connectivity index (χ4n) is 4.52. The van der Waals surface area contributed by atoms with Crippen LogP contribution in [-0.4, -0.2) is 66.0 Å². The zero-order valence-corrected chi connectivity index (χ0v) is 23.4. The molecule has 1 aliphatic rings. The minimum atomic E-state index is -0.719. The van der Waals surface area contributed by atoms with E-state index < -0.39 is 6.23 Å². The molecule has 0 bridgehead atoms. The number of pyridine rings is 1. The van der Waals surface area contributed by atoms with Gasteiger partial charge in [0.1, 0.15) is 5.69 Å². The summed E-state index contributed by atoms with van der Waals surface area (Å²) >= 11 is 6.44. The molecule has 4 aromatic rings. The van der Waals surface area contributed by atoms with Crippen LogP contribution in [0.1, 0.15) is 43.8 Å². The van der Waals surface area contributed by atoms with E-state index >= 15 is 0 Å². The maximum atomic E-state index is 13.7. The number of carbonyl (C=O) groups excluding carboxylic acids is 2. The van der Waals surface area contributed by atoms with E-state index in [4.69, 9.17) is 16.3 Å². The minimum absolute atomic E-state index is 0.0552. The van der Waals surface area contributed by atoms with Crippen LogP contribution in [-0.2, 0) is 16.6 Å². The monoisotopic (exact) mass is 563 g/mol. The molecule has 1 amide bonds. The smallest absolute Gasteiger partial charge is 0.310 e. The van der Waals surface area contributed by atoms with Crippen molar-refractivity contribution in [3.8, 4) is 22.6 Å². The van der Waals surface area contributed by atoms with E-state index in [9.17, 15) is 9.59 Å². The Kier molecular flexibility index (Phi) is 7.90. The van der Waals surface area contributed by atoms with Crippen molar-refractivity contribution < 1.29 is 14.3 Å². The quantitative estimate of drug-likeness (QED) is 0.320. The number of carbonyl (C=O) groups is 2. The normalized spacial score (nSPS) is 15.8. The Hall–Kier alpha value is -4.16. The van der Waals surface area contributed by atoms with Gasteiger partial charge in [-0.05, 0) is 54.9 Å². The van der Waals surface area contributed by atoms with Gasteiger partial charge in [0.15, 0.2) is 5.82 Å². The van der Waals surface area contributed by atoms with Crippen LogP contribution >= 0.6 is 11.6 Å². The Bertz CT molecular complexity index is 1510. The van der Waals surface area contributed by atoms with Gasteiger partial charge < -0.3 is 10.1 Å². The highest BCUT2D eigenvalue weighted by atomic mass is 35.5. The van der Waals surface area contributed by atoms with E-state index in [1.807, 2.05) is 12.1 Å². The molecule has 1 aromatic carbocycles. The van der Waals surface area contributed by atoms with E-state index in [1.54, 1.807) is 74.1 Å². The molecule has 4 heterocycles. The number of nitrogens with one attached hydrogen (secondary N) is 1. The van der Waals surface area contributed by atoms with Gasteiger partial charge in [-0.1, -0.05) is 37.6 Å². The summed E-state index contributed by atoms with van der Waals surface area (Å²) in [5.41, 5.74) is 2.72. The zero-order chi connectivity index (χ0) is 28.4. The van der Waals surface area contributed by atoms with Crippen molar-refractivity contribution in [1.29, 1.82) is 0 Å². The predicted molar refractivity (Wildman–Crippen MR) is 148 cm³/mol. The molecular formula is C27H30ClN9O3. The average molecular weight is 564 g/mol. The number of aromatic nitrogens is 7. The lowest BCUT2D eigenvalue weighted by molar-refractivity contribution is -0.158. The number of benzene rings is 1. The second-order valence-corrected chi connectivity index (χ2v) is 10.3. The summed E-state index contributed by atoms with van der Waals surface area (Å²) in [5.74, 6) is -0.0276. The molecule has 0 saturated carbocycles. The van der Waals surface area contributed by atoms with Crippen LogP contribution in [0.5, 0.6) is 0 Å². The summed E-state index contributed by atoms with van der Waals surface area (Å²) < 4.78 is 7.04. The largest absolute Gasteiger partial charge is 0.438 e. The second kappa shape index (κ2) is 11.5. The summed E-state index contributed by atoms with van der Waals surface area (Å²) in [7, 11) is 1.78. The van der Waals surface area contributed by atoms with Crippen LogP contribution in [0.2, 0.25) is 5.02 Å².